The molecule has 0 saturated carbocycles. The highest BCUT2D eigenvalue weighted by Gasteiger charge is 2.06. The lowest BCUT2D eigenvalue weighted by molar-refractivity contribution is -0.116. The van der Waals surface area contributed by atoms with E-state index < -0.39 is 0 Å². The van der Waals surface area contributed by atoms with E-state index in [1.165, 1.54) is 0 Å². The third kappa shape index (κ3) is 6.19. The summed E-state index contributed by atoms with van der Waals surface area (Å²) in [5.41, 5.74) is 3.51. The van der Waals surface area contributed by atoms with Gasteiger partial charge in [-0.1, -0.05) is 23.7 Å². The largest absolute Gasteiger partial charge is 0.363 e. The summed E-state index contributed by atoms with van der Waals surface area (Å²) < 4.78 is 0. The SMILES string of the molecule is Cc1cc(N(C)C)nc(Nc2ccc(NC(=O)CCc3cccc(Cl)c3)cc2)n1. The molecule has 6 nitrogen and oxygen atoms in total. The third-order valence-corrected chi connectivity index (χ3v) is 4.49. The summed E-state index contributed by atoms with van der Waals surface area (Å²) in [6.45, 7) is 1.93. The van der Waals surface area contributed by atoms with E-state index in [9.17, 15) is 4.79 Å². The molecule has 150 valence electrons. The Kier molecular flexibility index (Phi) is 6.67. The first-order valence-electron chi connectivity index (χ1n) is 9.33. The normalized spacial score (nSPS) is 10.5. The van der Waals surface area contributed by atoms with Crippen molar-refractivity contribution in [3.63, 3.8) is 0 Å². The van der Waals surface area contributed by atoms with Gasteiger partial charge in [-0.2, -0.15) is 4.98 Å². The molecule has 2 aromatic carbocycles. The maximum Gasteiger partial charge on any atom is 0.229 e. The first kappa shape index (κ1) is 20.6. The molecule has 0 radical (unpaired) electrons. The quantitative estimate of drug-likeness (QED) is 0.585. The second kappa shape index (κ2) is 9.39. The molecule has 0 fully saturated rings. The number of carbonyl (C=O) groups excluding carboxylic acids is 1. The summed E-state index contributed by atoms with van der Waals surface area (Å²) in [5.74, 6) is 1.33. The van der Waals surface area contributed by atoms with Gasteiger partial charge in [0.05, 0.1) is 0 Å². The lowest BCUT2D eigenvalue weighted by atomic mass is 10.1. The van der Waals surface area contributed by atoms with Crippen molar-refractivity contribution in [2.45, 2.75) is 19.8 Å². The van der Waals surface area contributed by atoms with Crippen molar-refractivity contribution in [3.05, 3.63) is 70.9 Å². The molecule has 3 rings (SSSR count). The number of carbonyl (C=O) groups is 1. The molecule has 0 saturated heterocycles. The van der Waals surface area contributed by atoms with Gasteiger partial charge in [0.25, 0.3) is 0 Å². The third-order valence-electron chi connectivity index (χ3n) is 4.25. The van der Waals surface area contributed by atoms with E-state index in [1.807, 2.05) is 80.5 Å². The molecule has 0 aliphatic carbocycles. The van der Waals surface area contributed by atoms with Crippen molar-refractivity contribution >= 4 is 40.6 Å². The molecule has 1 amide bonds. The zero-order valence-corrected chi connectivity index (χ0v) is 17.5. The Morgan fingerprint density at radius 1 is 1.03 bits per heavy atom. The molecule has 0 spiro atoms. The number of rotatable bonds is 7. The number of benzene rings is 2. The fraction of sp³-hybridized carbons (Fsp3) is 0.227. The average molecular weight is 410 g/mol. The standard InChI is InChI=1S/C22H24ClN5O/c1-15-13-20(28(2)3)27-22(24-15)26-19-10-8-18(9-11-19)25-21(29)12-7-16-5-4-6-17(23)14-16/h4-6,8-11,13-14H,7,12H2,1-3H3,(H,25,29)(H,24,26,27). The van der Waals surface area contributed by atoms with Gasteiger partial charge in [0, 0.05) is 48.7 Å². The summed E-state index contributed by atoms with van der Waals surface area (Å²) >= 11 is 5.98. The molecule has 0 aliphatic heterocycles. The van der Waals surface area contributed by atoms with Gasteiger partial charge in [-0.3, -0.25) is 4.79 Å². The number of nitrogens with one attached hydrogen (secondary N) is 2. The molecule has 0 bridgehead atoms. The predicted molar refractivity (Wildman–Crippen MR) is 119 cm³/mol. The smallest absolute Gasteiger partial charge is 0.229 e. The zero-order chi connectivity index (χ0) is 20.8. The molecule has 7 heteroatoms. The fourth-order valence-corrected chi connectivity index (χ4v) is 2.99. The van der Waals surface area contributed by atoms with Crippen LogP contribution in [0.4, 0.5) is 23.1 Å². The van der Waals surface area contributed by atoms with Crippen molar-refractivity contribution in [1.29, 1.82) is 0 Å². The van der Waals surface area contributed by atoms with Crippen LogP contribution >= 0.6 is 11.6 Å². The Morgan fingerprint density at radius 2 is 1.76 bits per heavy atom. The van der Waals surface area contributed by atoms with Crippen LogP contribution in [0.15, 0.2) is 54.6 Å². The van der Waals surface area contributed by atoms with Crippen LogP contribution < -0.4 is 15.5 Å². The van der Waals surface area contributed by atoms with E-state index in [-0.39, 0.29) is 5.91 Å². The highest BCUT2D eigenvalue weighted by atomic mass is 35.5. The minimum Gasteiger partial charge on any atom is -0.363 e. The predicted octanol–water partition coefficient (Wildman–Crippen LogP) is 4.82. The zero-order valence-electron chi connectivity index (χ0n) is 16.7. The molecule has 1 heterocycles. The minimum atomic E-state index is -0.0386. The van der Waals surface area contributed by atoms with Gasteiger partial charge >= 0.3 is 0 Å². The van der Waals surface area contributed by atoms with Gasteiger partial charge in [-0.05, 0) is 55.3 Å². The summed E-state index contributed by atoms with van der Waals surface area (Å²) in [4.78, 5) is 23.0. The van der Waals surface area contributed by atoms with E-state index in [4.69, 9.17) is 11.6 Å². The number of amides is 1. The highest BCUT2D eigenvalue weighted by molar-refractivity contribution is 6.30. The van der Waals surface area contributed by atoms with Crippen LogP contribution in [0.25, 0.3) is 0 Å². The number of hydrogen-bond donors (Lipinski definition) is 2. The van der Waals surface area contributed by atoms with Crippen molar-refractivity contribution in [2.24, 2.45) is 0 Å². The minimum absolute atomic E-state index is 0.0386. The Hall–Kier alpha value is -3.12. The van der Waals surface area contributed by atoms with Gasteiger partial charge in [-0.15, -0.1) is 0 Å². The average Bonchev–Trinajstić information content (AvgIpc) is 2.67. The molecular weight excluding hydrogens is 386 g/mol. The van der Waals surface area contributed by atoms with Crippen molar-refractivity contribution in [2.75, 3.05) is 29.6 Å². The Labute approximate surface area is 175 Å². The van der Waals surface area contributed by atoms with E-state index in [0.717, 1.165) is 28.5 Å². The maximum absolute atomic E-state index is 12.2. The molecule has 3 aromatic rings. The lowest BCUT2D eigenvalue weighted by Crippen LogP contribution is -2.13. The summed E-state index contributed by atoms with van der Waals surface area (Å²) in [6.07, 6.45) is 1.04. The van der Waals surface area contributed by atoms with Gasteiger partial charge in [-0.25, -0.2) is 4.98 Å². The topological polar surface area (TPSA) is 70.2 Å². The van der Waals surface area contributed by atoms with E-state index >= 15 is 0 Å². The molecule has 0 aliphatic rings. The monoisotopic (exact) mass is 409 g/mol. The molecule has 29 heavy (non-hydrogen) atoms. The van der Waals surface area contributed by atoms with Crippen LogP contribution in [0.1, 0.15) is 17.7 Å². The Morgan fingerprint density at radius 3 is 2.45 bits per heavy atom. The maximum atomic E-state index is 12.2. The molecule has 2 N–H and O–H groups in total. The van der Waals surface area contributed by atoms with E-state index in [0.29, 0.717) is 23.8 Å². The van der Waals surface area contributed by atoms with Crippen LogP contribution in [0.3, 0.4) is 0 Å². The summed E-state index contributed by atoms with van der Waals surface area (Å²) in [6, 6.07) is 16.9. The first-order chi connectivity index (χ1) is 13.9. The molecule has 1 aromatic heterocycles. The molecule has 0 atom stereocenters. The van der Waals surface area contributed by atoms with Crippen LogP contribution in [-0.4, -0.2) is 30.0 Å². The lowest BCUT2D eigenvalue weighted by Gasteiger charge is -2.14. The molecule has 0 unspecified atom stereocenters. The first-order valence-corrected chi connectivity index (χ1v) is 9.71. The van der Waals surface area contributed by atoms with Gasteiger partial charge in [0.15, 0.2) is 0 Å². The van der Waals surface area contributed by atoms with Crippen molar-refractivity contribution < 1.29 is 4.79 Å². The van der Waals surface area contributed by atoms with Crippen LogP contribution in [0.5, 0.6) is 0 Å². The van der Waals surface area contributed by atoms with Crippen LogP contribution in [0, 0.1) is 6.92 Å². The van der Waals surface area contributed by atoms with E-state index in [1.54, 1.807) is 0 Å². The van der Waals surface area contributed by atoms with E-state index in [2.05, 4.69) is 20.6 Å². The Balaban J connectivity index is 1.56. The van der Waals surface area contributed by atoms with Gasteiger partial charge < -0.3 is 15.5 Å². The number of aromatic nitrogens is 2. The Bertz CT molecular complexity index is 989. The molecular formula is C22H24ClN5O. The van der Waals surface area contributed by atoms with Crippen molar-refractivity contribution in [3.8, 4) is 0 Å². The van der Waals surface area contributed by atoms with Gasteiger partial charge in [0.2, 0.25) is 11.9 Å². The van der Waals surface area contributed by atoms with Crippen LogP contribution in [0.2, 0.25) is 5.02 Å². The summed E-state index contributed by atoms with van der Waals surface area (Å²) in [5, 5.41) is 6.79. The van der Waals surface area contributed by atoms with Gasteiger partial charge in [0.1, 0.15) is 5.82 Å². The number of nitrogens with zero attached hydrogens (tertiary/aromatic N) is 3. The second-order valence-corrected chi connectivity index (χ2v) is 7.40. The summed E-state index contributed by atoms with van der Waals surface area (Å²) in [7, 11) is 3.88. The van der Waals surface area contributed by atoms with Crippen molar-refractivity contribution in [1.82, 2.24) is 9.97 Å². The number of halogens is 1. The highest BCUT2D eigenvalue weighted by Crippen LogP contribution is 2.19. The number of hydrogen-bond acceptors (Lipinski definition) is 5. The van der Waals surface area contributed by atoms with Crippen LogP contribution in [-0.2, 0) is 11.2 Å². The number of aryl methyl sites for hydroxylation is 2. The number of anilines is 4. The second-order valence-electron chi connectivity index (χ2n) is 6.97. The fourth-order valence-electron chi connectivity index (χ4n) is 2.78.